The minimum absolute atomic E-state index is 0.919. The summed E-state index contributed by atoms with van der Waals surface area (Å²) >= 11 is 1.89. The van der Waals surface area contributed by atoms with Crippen LogP contribution < -0.4 is 9.80 Å². The van der Waals surface area contributed by atoms with Crippen LogP contribution in [0.5, 0.6) is 0 Å². The van der Waals surface area contributed by atoms with Gasteiger partial charge in [-0.05, 0) is 195 Å². The summed E-state index contributed by atoms with van der Waals surface area (Å²) in [6.07, 6.45) is 0. The van der Waals surface area contributed by atoms with Gasteiger partial charge in [0.15, 0.2) is 0 Å². The van der Waals surface area contributed by atoms with E-state index in [9.17, 15) is 0 Å². The Labute approximate surface area is 570 Å². The van der Waals surface area contributed by atoms with Gasteiger partial charge in [0, 0.05) is 70.2 Å². The zero-order chi connectivity index (χ0) is 64.6. The highest BCUT2D eigenvalue weighted by molar-refractivity contribution is 7.26. The third-order valence-electron chi connectivity index (χ3n) is 19.9. The lowest BCUT2D eigenvalue weighted by Gasteiger charge is -2.27. The maximum atomic E-state index is 6.37. The van der Waals surface area contributed by atoms with Gasteiger partial charge in [0.25, 0.3) is 0 Å². The molecule has 20 rings (SSSR count). The second kappa shape index (κ2) is 23.7. The molecule has 98 heavy (non-hydrogen) atoms. The third kappa shape index (κ3) is 9.88. The van der Waals surface area contributed by atoms with E-state index in [0.29, 0.717) is 0 Å². The second-order valence-corrected chi connectivity index (χ2v) is 26.5. The molecule has 0 aliphatic heterocycles. The SMILES string of the molecule is c1ccc2c(-c3ccc(N(c4ccc(-c5ccc6c(ccc7ccccc76)c5)cc4)c4ccc5sc6c7ccccc7ccc6c5c4)cc3)cccc2c1.c1ccc2c(-c3ccc(N(c4ccc5c(ccc6c7ccccc7oc56)c4)c4cccc5ccccc45)cc3)cccc2c1. The lowest BCUT2D eigenvalue weighted by molar-refractivity contribution is 0.672. The fourth-order valence-electron chi connectivity index (χ4n) is 15.1. The molecule has 0 aliphatic carbocycles. The molecule has 0 spiro atoms. The van der Waals surface area contributed by atoms with Gasteiger partial charge in [-0.3, -0.25) is 0 Å². The van der Waals surface area contributed by atoms with E-state index in [1.165, 1.54) is 118 Å². The number of thiophene rings is 1. The van der Waals surface area contributed by atoms with Gasteiger partial charge in [0.05, 0.1) is 5.69 Å². The Morgan fingerprint density at radius 2 is 0.633 bits per heavy atom. The first kappa shape index (κ1) is 56.9. The average molecular weight is 1270 g/mol. The van der Waals surface area contributed by atoms with Crippen LogP contribution >= 0.6 is 11.3 Å². The molecule has 2 heterocycles. The zero-order valence-corrected chi connectivity index (χ0v) is 54.2. The first-order valence-corrected chi connectivity index (χ1v) is 34.3. The number of fused-ring (bicyclic) bond motifs is 16. The van der Waals surface area contributed by atoms with Crippen LogP contribution in [-0.4, -0.2) is 0 Å². The Balaban J connectivity index is 0.000000140. The number of benzene rings is 18. The average Bonchev–Trinajstić information content (AvgIpc) is 1.54. The summed E-state index contributed by atoms with van der Waals surface area (Å²) in [5.41, 5.74) is 15.9. The van der Waals surface area contributed by atoms with E-state index in [1.807, 2.05) is 23.5 Å². The van der Waals surface area contributed by atoms with Crippen LogP contribution in [0.15, 0.2) is 368 Å². The fraction of sp³-hybridized carbons (Fsp3) is 0. The van der Waals surface area contributed by atoms with Crippen LogP contribution in [0, 0.1) is 0 Å². The molecular formula is C94H60N2OS. The topological polar surface area (TPSA) is 19.6 Å². The van der Waals surface area contributed by atoms with Gasteiger partial charge in [-0.2, -0.15) is 0 Å². The quantitative estimate of drug-likeness (QED) is 0.134. The van der Waals surface area contributed by atoms with Crippen molar-refractivity contribution >= 4 is 163 Å². The highest BCUT2D eigenvalue weighted by atomic mass is 32.1. The molecule has 3 nitrogen and oxygen atoms in total. The van der Waals surface area contributed by atoms with E-state index in [2.05, 4.69) is 362 Å². The molecule has 0 unspecified atom stereocenters. The van der Waals surface area contributed by atoms with Crippen molar-refractivity contribution in [1.29, 1.82) is 0 Å². The largest absolute Gasteiger partial charge is 0.455 e. The van der Waals surface area contributed by atoms with Gasteiger partial charge in [0.1, 0.15) is 11.2 Å². The molecule has 18 aromatic carbocycles. The Bertz CT molecular complexity index is 6490. The molecule has 0 radical (unpaired) electrons. The predicted octanol–water partition coefficient (Wildman–Crippen LogP) is 27.7. The number of anilines is 6. The Kier molecular flexibility index (Phi) is 13.8. The van der Waals surface area contributed by atoms with Crippen molar-refractivity contribution in [2.45, 2.75) is 0 Å². The molecule has 2 aromatic heterocycles. The van der Waals surface area contributed by atoms with E-state index in [4.69, 9.17) is 4.42 Å². The molecule has 0 N–H and O–H groups in total. The summed E-state index contributed by atoms with van der Waals surface area (Å²) in [5.74, 6) is 0. The van der Waals surface area contributed by atoms with E-state index in [0.717, 1.165) is 66.8 Å². The van der Waals surface area contributed by atoms with E-state index < -0.39 is 0 Å². The van der Waals surface area contributed by atoms with Gasteiger partial charge < -0.3 is 14.2 Å². The van der Waals surface area contributed by atoms with E-state index in [-0.39, 0.29) is 0 Å². The lowest BCUT2D eigenvalue weighted by atomic mass is 9.97. The molecule has 458 valence electrons. The standard InChI is InChI=1S/C52H33NS.C42H27NO/c1-4-12-44-35(8-1)11-7-15-46(44)38-20-26-42(27-21-38)53(43-28-31-51-50(33-43)49-30-22-37-10-3-6-14-48(37)52(49)54-51)41-24-18-34(19-25-41)39-23-29-47-40(32-39)17-16-36-9-2-5-13-45(36)47;1-3-13-34-28(9-1)11-7-16-35(34)30-19-22-32(23-20-30)43(40-17-8-12-29-10-2-4-14-36(29)40)33-24-26-37-31(27-33)21-25-39-38-15-5-6-18-41(38)44-42(37)39/h1-33H;1-27H. The number of hydrogen-bond acceptors (Lipinski definition) is 4. The third-order valence-corrected chi connectivity index (χ3v) is 21.1. The minimum Gasteiger partial charge on any atom is -0.455 e. The van der Waals surface area contributed by atoms with Crippen LogP contribution in [0.1, 0.15) is 0 Å². The molecule has 0 atom stereocenters. The van der Waals surface area contributed by atoms with Crippen LogP contribution in [-0.2, 0) is 0 Å². The summed E-state index contributed by atoms with van der Waals surface area (Å²) in [6, 6.07) is 132. The number of rotatable bonds is 9. The van der Waals surface area contributed by atoms with E-state index >= 15 is 0 Å². The first-order chi connectivity index (χ1) is 48.6. The van der Waals surface area contributed by atoms with Crippen molar-refractivity contribution in [3.63, 3.8) is 0 Å². The summed E-state index contributed by atoms with van der Waals surface area (Å²) in [6.45, 7) is 0. The highest BCUT2D eigenvalue weighted by Gasteiger charge is 2.21. The Morgan fingerprint density at radius 3 is 1.31 bits per heavy atom. The number of nitrogens with zero attached hydrogens (tertiary/aromatic N) is 2. The number of furan rings is 1. The maximum absolute atomic E-state index is 6.37. The summed E-state index contributed by atoms with van der Waals surface area (Å²) in [7, 11) is 0. The molecule has 0 fully saturated rings. The molecular weight excluding hydrogens is 1210 g/mol. The predicted molar refractivity (Wildman–Crippen MR) is 421 cm³/mol. The maximum Gasteiger partial charge on any atom is 0.143 e. The van der Waals surface area contributed by atoms with Crippen LogP contribution in [0.3, 0.4) is 0 Å². The first-order valence-electron chi connectivity index (χ1n) is 33.5. The van der Waals surface area contributed by atoms with Crippen molar-refractivity contribution in [1.82, 2.24) is 0 Å². The van der Waals surface area contributed by atoms with Crippen molar-refractivity contribution in [3.8, 4) is 33.4 Å². The Morgan fingerprint density at radius 1 is 0.214 bits per heavy atom. The van der Waals surface area contributed by atoms with Crippen LogP contribution in [0.25, 0.3) is 151 Å². The van der Waals surface area contributed by atoms with E-state index in [1.54, 1.807) is 0 Å². The fourth-order valence-corrected chi connectivity index (χ4v) is 16.3. The molecule has 0 saturated heterocycles. The molecule has 0 saturated carbocycles. The van der Waals surface area contributed by atoms with Crippen molar-refractivity contribution in [2.24, 2.45) is 0 Å². The lowest BCUT2D eigenvalue weighted by Crippen LogP contribution is -2.10. The van der Waals surface area contributed by atoms with Crippen molar-refractivity contribution in [2.75, 3.05) is 9.80 Å². The smallest absolute Gasteiger partial charge is 0.143 e. The van der Waals surface area contributed by atoms with Gasteiger partial charge in [-0.15, -0.1) is 11.3 Å². The van der Waals surface area contributed by atoms with Crippen molar-refractivity contribution < 1.29 is 4.42 Å². The highest BCUT2D eigenvalue weighted by Crippen LogP contribution is 2.46. The van der Waals surface area contributed by atoms with Crippen LogP contribution in [0.2, 0.25) is 0 Å². The van der Waals surface area contributed by atoms with Crippen LogP contribution in [0.4, 0.5) is 34.1 Å². The van der Waals surface area contributed by atoms with Gasteiger partial charge in [0.2, 0.25) is 0 Å². The Hall–Kier alpha value is -12.6. The summed E-state index contributed by atoms with van der Waals surface area (Å²) < 4.78 is 9.01. The summed E-state index contributed by atoms with van der Waals surface area (Å²) in [5, 5.41) is 22.3. The molecule has 0 bridgehead atoms. The second-order valence-electron chi connectivity index (χ2n) is 25.5. The molecule has 0 amide bonds. The molecule has 4 heteroatoms. The molecule has 0 aliphatic rings. The number of hydrogen-bond donors (Lipinski definition) is 0. The molecule has 20 aromatic rings. The minimum atomic E-state index is 0.919. The van der Waals surface area contributed by atoms with Gasteiger partial charge >= 0.3 is 0 Å². The monoisotopic (exact) mass is 1260 g/mol. The number of para-hydroxylation sites is 1. The van der Waals surface area contributed by atoms with Crippen molar-refractivity contribution in [3.05, 3.63) is 364 Å². The van der Waals surface area contributed by atoms with Gasteiger partial charge in [-0.1, -0.05) is 267 Å². The van der Waals surface area contributed by atoms with Gasteiger partial charge in [-0.25, -0.2) is 0 Å². The summed E-state index contributed by atoms with van der Waals surface area (Å²) in [4.78, 5) is 4.77. The zero-order valence-electron chi connectivity index (χ0n) is 53.4. The normalized spacial score (nSPS) is 11.7.